The van der Waals surface area contributed by atoms with Gasteiger partial charge < -0.3 is 9.72 Å². The van der Waals surface area contributed by atoms with Gasteiger partial charge in [-0.3, -0.25) is 4.79 Å². The first-order valence-corrected chi connectivity index (χ1v) is 9.44. The molecule has 3 heterocycles. The van der Waals surface area contributed by atoms with E-state index in [1.165, 1.54) is 4.68 Å². The summed E-state index contributed by atoms with van der Waals surface area (Å²) >= 11 is 9.70. The summed E-state index contributed by atoms with van der Waals surface area (Å²) in [6, 6.07) is 13.5. The molecule has 0 fully saturated rings. The zero-order valence-corrected chi connectivity index (χ0v) is 16.5. The van der Waals surface area contributed by atoms with Gasteiger partial charge in [-0.25, -0.2) is 9.67 Å². The van der Waals surface area contributed by atoms with Crippen LogP contribution in [0.25, 0.3) is 5.65 Å². The summed E-state index contributed by atoms with van der Waals surface area (Å²) in [6.45, 7) is 0.809. The number of hydrogen-bond donors (Lipinski definition) is 1. The van der Waals surface area contributed by atoms with Crippen molar-refractivity contribution in [2.45, 2.75) is 13.1 Å². The predicted octanol–water partition coefficient (Wildman–Crippen LogP) is 3.97. The number of benzene rings is 1. The van der Waals surface area contributed by atoms with E-state index < -0.39 is 0 Å². The van der Waals surface area contributed by atoms with Gasteiger partial charge in [0.1, 0.15) is 10.7 Å². The molecule has 0 aliphatic carbocycles. The van der Waals surface area contributed by atoms with Crippen molar-refractivity contribution in [2.75, 3.05) is 5.32 Å². The van der Waals surface area contributed by atoms with Crippen LogP contribution in [0, 0.1) is 0 Å². The first kappa shape index (κ1) is 17.8. The Hall–Kier alpha value is -2.64. The van der Waals surface area contributed by atoms with Crippen molar-refractivity contribution < 1.29 is 0 Å². The van der Waals surface area contributed by atoms with E-state index in [1.54, 1.807) is 6.20 Å². The summed E-state index contributed by atoms with van der Waals surface area (Å²) in [4.78, 5) is 17.0. The highest BCUT2D eigenvalue weighted by atomic mass is 79.9. The van der Waals surface area contributed by atoms with Crippen molar-refractivity contribution in [3.05, 3.63) is 92.2 Å². The van der Waals surface area contributed by atoms with E-state index in [4.69, 9.17) is 11.6 Å². The summed E-state index contributed by atoms with van der Waals surface area (Å²) < 4.78 is 4.26. The Morgan fingerprint density at radius 2 is 1.93 bits per heavy atom. The van der Waals surface area contributed by atoms with Crippen molar-refractivity contribution in [3.63, 3.8) is 0 Å². The molecule has 0 radical (unpaired) electrons. The van der Waals surface area contributed by atoms with Gasteiger partial charge in [0.2, 0.25) is 0 Å². The average molecular weight is 445 g/mol. The van der Waals surface area contributed by atoms with Gasteiger partial charge in [-0.05, 0) is 33.6 Å². The number of imidazole rings is 1. The number of rotatable bonds is 5. The van der Waals surface area contributed by atoms with Crippen LogP contribution < -0.4 is 10.9 Å². The van der Waals surface area contributed by atoms with E-state index in [-0.39, 0.29) is 10.6 Å². The van der Waals surface area contributed by atoms with Crippen LogP contribution in [-0.4, -0.2) is 19.2 Å². The Morgan fingerprint density at radius 3 is 2.74 bits per heavy atom. The molecule has 4 aromatic rings. The average Bonchev–Trinajstić information content (AvgIpc) is 3.07. The fraction of sp³-hybridized carbons (Fsp3) is 0.105. The van der Waals surface area contributed by atoms with Crippen LogP contribution in [0.15, 0.2) is 70.3 Å². The summed E-state index contributed by atoms with van der Waals surface area (Å²) in [6.07, 6.45) is 5.43. The van der Waals surface area contributed by atoms with Gasteiger partial charge in [0.25, 0.3) is 5.56 Å². The molecule has 0 saturated carbocycles. The second-order valence-electron chi connectivity index (χ2n) is 6.02. The second-order valence-corrected chi connectivity index (χ2v) is 7.31. The van der Waals surface area contributed by atoms with Gasteiger partial charge in [-0.1, -0.05) is 41.9 Å². The van der Waals surface area contributed by atoms with Gasteiger partial charge in [0.15, 0.2) is 0 Å². The van der Waals surface area contributed by atoms with Crippen molar-refractivity contribution in [2.24, 2.45) is 0 Å². The van der Waals surface area contributed by atoms with Crippen LogP contribution in [0.4, 0.5) is 5.69 Å². The van der Waals surface area contributed by atoms with Gasteiger partial charge in [0, 0.05) is 16.9 Å². The van der Waals surface area contributed by atoms with Crippen LogP contribution in [0.5, 0.6) is 0 Å². The lowest BCUT2D eigenvalue weighted by molar-refractivity contribution is 0.640. The van der Waals surface area contributed by atoms with Crippen molar-refractivity contribution in [1.82, 2.24) is 19.2 Å². The molecule has 1 aromatic carbocycles. The second kappa shape index (κ2) is 7.54. The number of fused-ring (bicyclic) bond motifs is 1. The topological polar surface area (TPSA) is 64.2 Å². The molecule has 8 heteroatoms. The molecule has 4 rings (SSSR count). The number of nitrogens with zero attached hydrogens (tertiary/aromatic N) is 4. The summed E-state index contributed by atoms with van der Waals surface area (Å²) in [5, 5.41) is 7.49. The molecule has 27 heavy (non-hydrogen) atoms. The summed E-state index contributed by atoms with van der Waals surface area (Å²) in [5.74, 6) is 0. The van der Waals surface area contributed by atoms with Crippen LogP contribution in [0.2, 0.25) is 5.02 Å². The van der Waals surface area contributed by atoms with Gasteiger partial charge in [0.05, 0.1) is 30.7 Å². The number of pyridine rings is 1. The molecular formula is C19H15BrClN5O. The van der Waals surface area contributed by atoms with E-state index in [0.717, 1.165) is 21.4 Å². The molecule has 6 nitrogen and oxygen atoms in total. The molecule has 3 aromatic heterocycles. The van der Waals surface area contributed by atoms with Gasteiger partial charge in [-0.2, -0.15) is 5.10 Å². The monoisotopic (exact) mass is 443 g/mol. The zero-order valence-electron chi connectivity index (χ0n) is 14.1. The molecule has 0 aliphatic rings. The summed E-state index contributed by atoms with van der Waals surface area (Å²) in [5.41, 5.74) is 2.82. The smallest absolute Gasteiger partial charge is 0.287 e. The number of hydrogen-bond acceptors (Lipinski definition) is 4. The number of nitrogens with one attached hydrogen (secondary N) is 1. The fourth-order valence-electron chi connectivity index (χ4n) is 2.75. The van der Waals surface area contributed by atoms with Gasteiger partial charge in [-0.15, -0.1) is 0 Å². The highest BCUT2D eigenvalue weighted by Crippen LogP contribution is 2.18. The third-order valence-electron chi connectivity index (χ3n) is 4.08. The molecule has 136 valence electrons. The molecule has 0 amide bonds. The number of aromatic nitrogens is 4. The normalized spacial score (nSPS) is 11.0. The lowest BCUT2D eigenvalue weighted by Gasteiger charge is -2.09. The fourth-order valence-corrected chi connectivity index (χ4v) is 3.31. The Bertz CT molecular complexity index is 1160. The maximum absolute atomic E-state index is 12.5. The third-order valence-corrected chi connectivity index (χ3v) is 4.92. The number of halogens is 2. The standard InChI is InChI=1S/C19H15BrClN5O/c20-14-6-7-17-24-15(12-25(17)11-14)8-22-16-9-23-26(19(27)18(16)21)10-13-4-2-1-3-5-13/h1-7,9,11-12,22H,8,10H2. The molecule has 0 aliphatic heterocycles. The molecule has 0 saturated heterocycles. The summed E-state index contributed by atoms with van der Waals surface area (Å²) in [7, 11) is 0. The predicted molar refractivity (Wildman–Crippen MR) is 109 cm³/mol. The first-order chi connectivity index (χ1) is 13.1. The SMILES string of the molecule is O=c1c(Cl)c(NCc2cn3cc(Br)ccc3n2)cnn1Cc1ccccc1. The lowest BCUT2D eigenvalue weighted by Crippen LogP contribution is -2.24. The molecule has 1 N–H and O–H groups in total. The third kappa shape index (κ3) is 3.89. The van der Waals surface area contributed by atoms with E-state index in [9.17, 15) is 4.79 Å². The zero-order chi connectivity index (χ0) is 18.8. The molecular weight excluding hydrogens is 430 g/mol. The molecule has 0 bridgehead atoms. The molecule has 0 spiro atoms. The highest BCUT2D eigenvalue weighted by Gasteiger charge is 2.10. The first-order valence-electron chi connectivity index (χ1n) is 8.27. The van der Waals surface area contributed by atoms with E-state index >= 15 is 0 Å². The van der Waals surface area contributed by atoms with Gasteiger partial charge >= 0.3 is 0 Å². The van der Waals surface area contributed by atoms with E-state index in [0.29, 0.717) is 18.8 Å². The van der Waals surface area contributed by atoms with E-state index in [2.05, 4.69) is 31.3 Å². The van der Waals surface area contributed by atoms with Crippen molar-refractivity contribution >= 4 is 38.9 Å². The molecule has 0 unspecified atom stereocenters. The minimum atomic E-state index is -0.329. The number of anilines is 1. The maximum atomic E-state index is 12.5. The minimum Gasteiger partial charge on any atom is -0.377 e. The van der Waals surface area contributed by atoms with Crippen molar-refractivity contribution in [3.8, 4) is 0 Å². The lowest BCUT2D eigenvalue weighted by atomic mass is 10.2. The highest BCUT2D eigenvalue weighted by molar-refractivity contribution is 9.10. The van der Waals surface area contributed by atoms with E-state index in [1.807, 2.05) is 59.3 Å². The van der Waals surface area contributed by atoms with Crippen molar-refractivity contribution in [1.29, 1.82) is 0 Å². The maximum Gasteiger partial charge on any atom is 0.287 e. The van der Waals surface area contributed by atoms with Crippen LogP contribution in [-0.2, 0) is 13.1 Å². The quantitative estimate of drug-likeness (QED) is 0.506. The largest absolute Gasteiger partial charge is 0.377 e. The van der Waals surface area contributed by atoms with Crippen LogP contribution >= 0.6 is 27.5 Å². The van der Waals surface area contributed by atoms with Crippen LogP contribution in [0.3, 0.4) is 0 Å². The molecule has 0 atom stereocenters. The Kier molecular flexibility index (Phi) is 4.96. The minimum absolute atomic E-state index is 0.118. The Morgan fingerprint density at radius 1 is 1.11 bits per heavy atom. The Labute approximate surface area is 168 Å². The Balaban J connectivity index is 1.52. The van der Waals surface area contributed by atoms with Crippen LogP contribution in [0.1, 0.15) is 11.3 Å².